The third-order valence-corrected chi connectivity index (χ3v) is 4.16. The Morgan fingerprint density at radius 1 is 1.33 bits per heavy atom. The highest BCUT2D eigenvalue weighted by Crippen LogP contribution is 2.27. The summed E-state index contributed by atoms with van der Waals surface area (Å²) >= 11 is 0. The maximum atomic E-state index is 5.72. The first-order valence-electron chi connectivity index (χ1n) is 6.76. The first kappa shape index (κ1) is 11.8. The van der Waals surface area contributed by atoms with Gasteiger partial charge in [-0.25, -0.2) is 0 Å². The molecule has 0 saturated carbocycles. The van der Waals surface area contributed by atoms with E-state index in [2.05, 4.69) is 47.4 Å². The maximum absolute atomic E-state index is 5.72. The van der Waals surface area contributed by atoms with Gasteiger partial charge in [-0.3, -0.25) is 0 Å². The number of piperidine rings is 1. The number of fused-ring (bicyclic) bond motifs is 1. The van der Waals surface area contributed by atoms with Gasteiger partial charge in [0.15, 0.2) is 0 Å². The molecule has 3 rings (SSSR count). The number of rotatable bonds is 2. The normalized spacial score (nSPS) is 24.6. The number of nitrogens with two attached hydrogens (primary N) is 1. The van der Waals surface area contributed by atoms with Crippen LogP contribution in [0.1, 0.15) is 24.4 Å². The minimum atomic E-state index is 0.498. The molecule has 2 aromatic rings. The summed E-state index contributed by atoms with van der Waals surface area (Å²) < 4.78 is 2.16. The van der Waals surface area contributed by atoms with Gasteiger partial charge in [-0.2, -0.15) is 0 Å². The molecule has 0 radical (unpaired) electrons. The van der Waals surface area contributed by atoms with Crippen LogP contribution in [-0.2, 0) is 7.05 Å². The monoisotopic (exact) mass is 243 g/mol. The Bertz CT molecular complexity index is 536. The number of nitrogens with zero attached hydrogens (tertiary/aromatic N) is 1. The molecule has 1 aromatic heterocycles. The van der Waals surface area contributed by atoms with Gasteiger partial charge in [0.1, 0.15) is 0 Å². The molecule has 1 fully saturated rings. The average molecular weight is 243 g/mol. The summed E-state index contributed by atoms with van der Waals surface area (Å²) in [6.07, 6.45) is 4.55. The Labute approximate surface area is 108 Å². The standard InChI is InChI=1S/C15H21N3/c1-18-7-6-13-8-12(3-5-15(13)18)14-4-2-11(9-16)10-17-14/h3,5-8,11,14,17H,2,4,9-10,16H2,1H3. The molecule has 0 spiro atoms. The molecule has 96 valence electrons. The summed E-state index contributed by atoms with van der Waals surface area (Å²) in [5.41, 5.74) is 8.43. The van der Waals surface area contributed by atoms with Gasteiger partial charge in [0.25, 0.3) is 0 Å². The van der Waals surface area contributed by atoms with Gasteiger partial charge in [-0.05, 0) is 61.0 Å². The van der Waals surface area contributed by atoms with Crippen molar-refractivity contribution < 1.29 is 0 Å². The van der Waals surface area contributed by atoms with E-state index in [4.69, 9.17) is 5.73 Å². The molecule has 1 aliphatic heterocycles. The number of hydrogen-bond acceptors (Lipinski definition) is 2. The second kappa shape index (κ2) is 4.75. The third-order valence-electron chi connectivity index (χ3n) is 4.16. The van der Waals surface area contributed by atoms with Crippen molar-refractivity contribution in [1.82, 2.24) is 9.88 Å². The Kier molecular flexibility index (Phi) is 3.10. The highest BCUT2D eigenvalue weighted by molar-refractivity contribution is 5.80. The minimum absolute atomic E-state index is 0.498. The van der Waals surface area contributed by atoms with Crippen molar-refractivity contribution in [3.63, 3.8) is 0 Å². The van der Waals surface area contributed by atoms with Gasteiger partial charge in [-0.1, -0.05) is 6.07 Å². The number of aromatic nitrogens is 1. The van der Waals surface area contributed by atoms with Crippen molar-refractivity contribution in [2.24, 2.45) is 18.7 Å². The summed E-state index contributed by atoms with van der Waals surface area (Å²) in [5, 5.41) is 4.95. The molecule has 0 amide bonds. The maximum Gasteiger partial charge on any atom is 0.0477 e. The summed E-state index contributed by atoms with van der Waals surface area (Å²) in [6, 6.07) is 9.47. The van der Waals surface area contributed by atoms with Crippen molar-refractivity contribution in [2.45, 2.75) is 18.9 Å². The fraction of sp³-hybridized carbons (Fsp3) is 0.467. The lowest BCUT2D eigenvalue weighted by Gasteiger charge is -2.29. The number of aryl methyl sites for hydroxylation is 1. The predicted molar refractivity (Wildman–Crippen MR) is 75.4 cm³/mol. The Hall–Kier alpha value is -1.32. The quantitative estimate of drug-likeness (QED) is 0.849. The number of nitrogens with one attached hydrogen (secondary N) is 1. The molecular formula is C15H21N3. The van der Waals surface area contributed by atoms with Crippen LogP contribution in [0.4, 0.5) is 0 Å². The first-order chi connectivity index (χ1) is 8.78. The van der Waals surface area contributed by atoms with Gasteiger partial charge in [0, 0.05) is 24.8 Å². The molecule has 0 aliphatic carbocycles. The average Bonchev–Trinajstić information content (AvgIpc) is 2.80. The van der Waals surface area contributed by atoms with Crippen LogP contribution in [0, 0.1) is 5.92 Å². The SMILES string of the molecule is Cn1ccc2cc(C3CCC(CN)CN3)ccc21. The van der Waals surface area contributed by atoms with Crippen LogP contribution in [0.15, 0.2) is 30.5 Å². The Morgan fingerprint density at radius 3 is 2.94 bits per heavy atom. The molecule has 1 aromatic carbocycles. The van der Waals surface area contributed by atoms with Crippen LogP contribution >= 0.6 is 0 Å². The van der Waals surface area contributed by atoms with Gasteiger partial charge in [-0.15, -0.1) is 0 Å². The molecule has 18 heavy (non-hydrogen) atoms. The van der Waals surface area contributed by atoms with Crippen molar-refractivity contribution in [2.75, 3.05) is 13.1 Å². The van der Waals surface area contributed by atoms with E-state index in [1.807, 2.05) is 0 Å². The smallest absolute Gasteiger partial charge is 0.0477 e. The molecule has 3 N–H and O–H groups in total. The Morgan fingerprint density at radius 2 is 2.22 bits per heavy atom. The van der Waals surface area contributed by atoms with Gasteiger partial charge >= 0.3 is 0 Å². The molecule has 1 saturated heterocycles. The molecule has 0 bridgehead atoms. The fourth-order valence-corrected chi connectivity index (χ4v) is 2.92. The largest absolute Gasteiger partial charge is 0.351 e. The highest BCUT2D eigenvalue weighted by atomic mass is 14.9. The summed E-state index contributed by atoms with van der Waals surface area (Å²) in [4.78, 5) is 0. The summed E-state index contributed by atoms with van der Waals surface area (Å²) in [5.74, 6) is 0.654. The fourth-order valence-electron chi connectivity index (χ4n) is 2.92. The van der Waals surface area contributed by atoms with Crippen LogP contribution in [0.3, 0.4) is 0 Å². The van der Waals surface area contributed by atoms with Crippen LogP contribution in [0.5, 0.6) is 0 Å². The number of benzene rings is 1. The van der Waals surface area contributed by atoms with Crippen LogP contribution in [0.2, 0.25) is 0 Å². The second-order valence-corrected chi connectivity index (χ2v) is 5.38. The third kappa shape index (κ3) is 2.04. The van der Waals surface area contributed by atoms with E-state index in [9.17, 15) is 0 Å². The van der Waals surface area contributed by atoms with Gasteiger partial charge < -0.3 is 15.6 Å². The van der Waals surface area contributed by atoms with Gasteiger partial charge in [0.05, 0.1) is 0 Å². The van der Waals surface area contributed by atoms with E-state index in [1.165, 1.54) is 29.3 Å². The van der Waals surface area contributed by atoms with Crippen molar-refractivity contribution in [3.8, 4) is 0 Å². The van der Waals surface area contributed by atoms with Crippen LogP contribution < -0.4 is 11.1 Å². The van der Waals surface area contributed by atoms with E-state index in [0.29, 0.717) is 12.0 Å². The van der Waals surface area contributed by atoms with E-state index in [0.717, 1.165) is 13.1 Å². The molecule has 2 unspecified atom stereocenters. The topological polar surface area (TPSA) is 43.0 Å². The molecule has 3 heteroatoms. The molecule has 3 nitrogen and oxygen atoms in total. The summed E-state index contributed by atoms with van der Waals surface area (Å²) in [6.45, 7) is 1.85. The lowest BCUT2D eigenvalue weighted by atomic mass is 9.91. The second-order valence-electron chi connectivity index (χ2n) is 5.38. The Balaban J connectivity index is 1.82. The zero-order chi connectivity index (χ0) is 12.5. The lowest BCUT2D eigenvalue weighted by Crippen LogP contribution is -2.36. The lowest BCUT2D eigenvalue weighted by molar-refractivity contribution is 0.320. The van der Waals surface area contributed by atoms with Gasteiger partial charge in [0.2, 0.25) is 0 Å². The van der Waals surface area contributed by atoms with Crippen LogP contribution in [-0.4, -0.2) is 17.7 Å². The first-order valence-corrected chi connectivity index (χ1v) is 6.76. The zero-order valence-corrected chi connectivity index (χ0v) is 10.9. The van der Waals surface area contributed by atoms with E-state index >= 15 is 0 Å². The molecule has 2 heterocycles. The van der Waals surface area contributed by atoms with E-state index in [1.54, 1.807) is 0 Å². The van der Waals surface area contributed by atoms with E-state index in [-0.39, 0.29) is 0 Å². The molecule has 1 aliphatic rings. The van der Waals surface area contributed by atoms with E-state index < -0.39 is 0 Å². The zero-order valence-electron chi connectivity index (χ0n) is 10.9. The predicted octanol–water partition coefficient (Wildman–Crippen LogP) is 2.18. The molecular weight excluding hydrogens is 222 g/mol. The minimum Gasteiger partial charge on any atom is -0.351 e. The molecule has 2 atom stereocenters. The number of hydrogen-bond donors (Lipinski definition) is 2. The van der Waals surface area contributed by atoms with Crippen molar-refractivity contribution in [1.29, 1.82) is 0 Å². The van der Waals surface area contributed by atoms with Crippen molar-refractivity contribution >= 4 is 10.9 Å². The highest BCUT2D eigenvalue weighted by Gasteiger charge is 2.20. The van der Waals surface area contributed by atoms with Crippen molar-refractivity contribution in [3.05, 3.63) is 36.0 Å². The summed E-state index contributed by atoms with van der Waals surface area (Å²) in [7, 11) is 2.09. The van der Waals surface area contributed by atoms with Crippen LogP contribution in [0.25, 0.3) is 10.9 Å².